The number of carbonyl (C=O) groups is 3. The van der Waals surface area contributed by atoms with Gasteiger partial charge in [0.25, 0.3) is 0 Å². The molecule has 1 aliphatic heterocycles. The van der Waals surface area contributed by atoms with Crippen molar-refractivity contribution in [1.29, 1.82) is 0 Å². The molecule has 1 saturated heterocycles. The number of hydrogen-bond acceptors (Lipinski definition) is 3. The number of carboxylic acid groups (broad SMARTS) is 1. The lowest BCUT2D eigenvalue weighted by atomic mass is 10.1. The number of likely N-dealkylation sites (tertiary alicyclic amines) is 1. The molecule has 0 aliphatic carbocycles. The molecule has 2 N–H and O–H groups in total. The van der Waals surface area contributed by atoms with Crippen LogP contribution in [0.2, 0.25) is 0 Å². The molecule has 0 radical (unpaired) electrons. The van der Waals surface area contributed by atoms with Crippen LogP contribution in [0.5, 0.6) is 0 Å². The van der Waals surface area contributed by atoms with E-state index in [1.165, 1.54) is 11.9 Å². The van der Waals surface area contributed by atoms with E-state index in [9.17, 15) is 14.4 Å². The van der Waals surface area contributed by atoms with Crippen molar-refractivity contribution in [2.24, 2.45) is 5.92 Å². The molecule has 6 heteroatoms. The predicted octanol–water partition coefficient (Wildman–Crippen LogP) is -1.33. The first-order valence-electron chi connectivity index (χ1n) is 4.25. The summed E-state index contributed by atoms with van der Waals surface area (Å²) in [6.07, 6.45) is 0.104. The van der Waals surface area contributed by atoms with Crippen LogP contribution in [0.15, 0.2) is 0 Å². The summed E-state index contributed by atoms with van der Waals surface area (Å²) in [5, 5.41) is 10.9. The minimum atomic E-state index is -1.06. The second-order valence-electron chi connectivity index (χ2n) is 3.18. The molecular weight excluding hydrogens is 188 g/mol. The zero-order valence-corrected chi connectivity index (χ0v) is 7.82. The Morgan fingerprint density at radius 3 is 2.79 bits per heavy atom. The van der Waals surface area contributed by atoms with E-state index in [1.54, 1.807) is 0 Å². The third-order valence-electron chi connectivity index (χ3n) is 2.16. The van der Waals surface area contributed by atoms with Crippen molar-refractivity contribution in [3.05, 3.63) is 0 Å². The van der Waals surface area contributed by atoms with Crippen LogP contribution in [0.4, 0.5) is 0 Å². The van der Waals surface area contributed by atoms with Crippen LogP contribution in [0.1, 0.15) is 6.42 Å². The van der Waals surface area contributed by atoms with E-state index in [0.29, 0.717) is 0 Å². The number of nitrogens with zero attached hydrogens (tertiary/aromatic N) is 1. The van der Waals surface area contributed by atoms with Crippen LogP contribution in [0.25, 0.3) is 0 Å². The molecule has 1 heterocycles. The van der Waals surface area contributed by atoms with Crippen LogP contribution in [0, 0.1) is 5.92 Å². The summed E-state index contributed by atoms with van der Waals surface area (Å²) in [5.74, 6) is -1.96. The largest absolute Gasteiger partial charge is 0.480 e. The molecule has 1 fully saturated rings. The second kappa shape index (κ2) is 4.08. The third kappa shape index (κ3) is 2.21. The Hall–Kier alpha value is -1.59. The summed E-state index contributed by atoms with van der Waals surface area (Å²) in [7, 11) is 1.49. The molecule has 0 aromatic heterocycles. The van der Waals surface area contributed by atoms with Gasteiger partial charge in [0.1, 0.15) is 6.54 Å². The summed E-state index contributed by atoms with van der Waals surface area (Å²) >= 11 is 0. The van der Waals surface area contributed by atoms with Gasteiger partial charge in [0.15, 0.2) is 0 Å². The van der Waals surface area contributed by atoms with E-state index in [-0.39, 0.29) is 31.3 Å². The topological polar surface area (TPSA) is 86.7 Å². The zero-order chi connectivity index (χ0) is 10.7. The maximum Gasteiger partial charge on any atom is 0.323 e. The van der Waals surface area contributed by atoms with E-state index in [0.717, 1.165) is 0 Å². The van der Waals surface area contributed by atoms with Gasteiger partial charge in [-0.15, -0.1) is 0 Å². The molecule has 1 aliphatic rings. The number of nitrogens with one attached hydrogen (secondary N) is 1. The Kier molecular flexibility index (Phi) is 3.06. The summed E-state index contributed by atoms with van der Waals surface area (Å²) in [6, 6.07) is 0. The number of amides is 2. The van der Waals surface area contributed by atoms with Gasteiger partial charge in [-0.1, -0.05) is 0 Å². The molecule has 1 unspecified atom stereocenters. The van der Waals surface area contributed by atoms with E-state index < -0.39 is 11.9 Å². The van der Waals surface area contributed by atoms with Gasteiger partial charge in [-0.3, -0.25) is 14.4 Å². The normalized spacial score (nSPS) is 21.1. The lowest BCUT2D eigenvalue weighted by Gasteiger charge is -2.12. The lowest BCUT2D eigenvalue weighted by Crippen LogP contribution is -2.33. The van der Waals surface area contributed by atoms with Crippen molar-refractivity contribution in [3.63, 3.8) is 0 Å². The Bertz CT molecular complexity index is 277. The highest BCUT2D eigenvalue weighted by Crippen LogP contribution is 2.17. The van der Waals surface area contributed by atoms with Crippen molar-refractivity contribution in [3.8, 4) is 0 Å². The number of carboxylic acids is 1. The van der Waals surface area contributed by atoms with Crippen LogP contribution in [-0.4, -0.2) is 47.9 Å². The van der Waals surface area contributed by atoms with Gasteiger partial charge in [0.05, 0.1) is 5.92 Å². The first-order valence-corrected chi connectivity index (χ1v) is 4.25. The summed E-state index contributed by atoms with van der Waals surface area (Å²) in [4.78, 5) is 33.9. The van der Waals surface area contributed by atoms with Crippen molar-refractivity contribution in [2.75, 3.05) is 20.1 Å². The van der Waals surface area contributed by atoms with Gasteiger partial charge in [0, 0.05) is 20.0 Å². The molecule has 1 rings (SSSR count). The molecule has 0 aromatic rings. The molecule has 6 nitrogen and oxygen atoms in total. The lowest BCUT2D eigenvalue weighted by molar-refractivity contribution is -0.142. The summed E-state index contributed by atoms with van der Waals surface area (Å²) < 4.78 is 0. The maximum atomic E-state index is 11.2. The number of carbonyl (C=O) groups excluding carboxylic acids is 2. The van der Waals surface area contributed by atoms with Gasteiger partial charge in [-0.25, -0.2) is 0 Å². The van der Waals surface area contributed by atoms with Gasteiger partial charge >= 0.3 is 5.97 Å². The fourth-order valence-electron chi connectivity index (χ4n) is 1.47. The number of rotatable bonds is 3. The monoisotopic (exact) mass is 200 g/mol. The Morgan fingerprint density at radius 1 is 1.64 bits per heavy atom. The van der Waals surface area contributed by atoms with Crippen LogP contribution in [-0.2, 0) is 14.4 Å². The summed E-state index contributed by atoms with van der Waals surface area (Å²) in [6.45, 7) is -0.128. The third-order valence-corrected chi connectivity index (χ3v) is 2.16. The fraction of sp³-hybridized carbons (Fsp3) is 0.625. The molecular formula is C8H12N2O4. The minimum Gasteiger partial charge on any atom is -0.480 e. The average molecular weight is 200 g/mol. The zero-order valence-electron chi connectivity index (χ0n) is 7.82. The minimum absolute atomic E-state index is 0.104. The van der Waals surface area contributed by atoms with E-state index in [4.69, 9.17) is 5.11 Å². The first kappa shape index (κ1) is 10.5. The Balaban J connectivity index is 2.55. The van der Waals surface area contributed by atoms with Crippen molar-refractivity contribution in [2.45, 2.75) is 6.42 Å². The van der Waals surface area contributed by atoms with Gasteiger partial charge < -0.3 is 15.3 Å². The highest BCUT2D eigenvalue weighted by atomic mass is 16.4. The predicted molar refractivity (Wildman–Crippen MR) is 46.4 cm³/mol. The van der Waals surface area contributed by atoms with Gasteiger partial charge in [-0.05, 0) is 0 Å². The van der Waals surface area contributed by atoms with E-state index >= 15 is 0 Å². The number of hydrogen-bond donors (Lipinski definition) is 2. The first-order chi connectivity index (χ1) is 6.54. The molecule has 0 bridgehead atoms. The highest BCUT2D eigenvalue weighted by Gasteiger charge is 2.34. The van der Waals surface area contributed by atoms with Gasteiger partial charge in [0.2, 0.25) is 11.8 Å². The van der Waals surface area contributed by atoms with Crippen LogP contribution < -0.4 is 5.32 Å². The van der Waals surface area contributed by atoms with Crippen molar-refractivity contribution < 1.29 is 19.5 Å². The van der Waals surface area contributed by atoms with Gasteiger partial charge in [-0.2, -0.15) is 0 Å². The fourth-order valence-corrected chi connectivity index (χ4v) is 1.47. The number of aliphatic carboxylic acids is 1. The maximum absolute atomic E-state index is 11.2. The quantitative estimate of drug-likeness (QED) is 0.590. The van der Waals surface area contributed by atoms with Crippen LogP contribution >= 0.6 is 0 Å². The standard InChI is InChI=1S/C8H12N2O4/c1-9-8(14)5-2-6(11)10(3-5)4-7(12)13/h5H,2-4H2,1H3,(H,9,14)(H,12,13). The molecule has 0 saturated carbocycles. The van der Waals surface area contributed by atoms with Crippen molar-refractivity contribution >= 4 is 17.8 Å². The molecule has 0 spiro atoms. The smallest absolute Gasteiger partial charge is 0.323 e. The SMILES string of the molecule is CNC(=O)C1CC(=O)N(CC(=O)O)C1. The molecule has 14 heavy (non-hydrogen) atoms. The van der Waals surface area contributed by atoms with E-state index in [1.807, 2.05) is 0 Å². The summed E-state index contributed by atoms with van der Waals surface area (Å²) in [5.41, 5.74) is 0. The second-order valence-corrected chi connectivity index (χ2v) is 3.18. The van der Waals surface area contributed by atoms with E-state index in [2.05, 4.69) is 5.32 Å². The van der Waals surface area contributed by atoms with Crippen LogP contribution in [0.3, 0.4) is 0 Å². The van der Waals surface area contributed by atoms with Crippen molar-refractivity contribution in [1.82, 2.24) is 10.2 Å². The molecule has 0 aromatic carbocycles. The average Bonchev–Trinajstić information content (AvgIpc) is 2.46. The molecule has 78 valence electrons. The Labute approximate surface area is 80.9 Å². The molecule has 1 atom stereocenters. The molecule has 2 amide bonds. The highest BCUT2D eigenvalue weighted by molar-refractivity contribution is 5.90. The Morgan fingerprint density at radius 2 is 2.29 bits per heavy atom.